The summed E-state index contributed by atoms with van der Waals surface area (Å²) in [6.45, 7) is 3.05. The van der Waals surface area contributed by atoms with Crippen molar-refractivity contribution in [3.8, 4) is 0 Å². The molecule has 0 atom stereocenters. The van der Waals surface area contributed by atoms with Gasteiger partial charge in [-0.15, -0.1) is 0 Å². The van der Waals surface area contributed by atoms with E-state index in [9.17, 15) is 0 Å². The SMILES string of the molecule is Cc1ccc(Br)cc1NC1=NCCCS1. The molecular weight excluding hydrogens is 272 g/mol. The zero-order valence-electron chi connectivity index (χ0n) is 8.59. The highest BCUT2D eigenvalue weighted by molar-refractivity contribution is 9.10. The molecule has 0 aromatic heterocycles. The van der Waals surface area contributed by atoms with Gasteiger partial charge in [0.2, 0.25) is 0 Å². The molecule has 1 aliphatic heterocycles. The van der Waals surface area contributed by atoms with E-state index in [-0.39, 0.29) is 0 Å². The van der Waals surface area contributed by atoms with E-state index in [2.05, 4.69) is 51.4 Å². The fourth-order valence-corrected chi connectivity index (χ4v) is 2.57. The van der Waals surface area contributed by atoms with E-state index in [4.69, 9.17) is 0 Å². The van der Waals surface area contributed by atoms with E-state index >= 15 is 0 Å². The van der Waals surface area contributed by atoms with Crippen LogP contribution in [-0.4, -0.2) is 17.5 Å². The van der Waals surface area contributed by atoms with Gasteiger partial charge in [0.25, 0.3) is 0 Å². The number of hydrogen-bond donors (Lipinski definition) is 1. The second-order valence-corrected chi connectivity index (χ2v) is 5.47. The number of nitrogens with one attached hydrogen (secondary N) is 1. The molecule has 15 heavy (non-hydrogen) atoms. The van der Waals surface area contributed by atoms with Crippen LogP contribution in [0.25, 0.3) is 0 Å². The van der Waals surface area contributed by atoms with E-state index in [1.54, 1.807) is 11.8 Å². The van der Waals surface area contributed by atoms with E-state index in [1.165, 1.54) is 17.7 Å². The summed E-state index contributed by atoms with van der Waals surface area (Å²) in [7, 11) is 0. The lowest BCUT2D eigenvalue weighted by Gasteiger charge is -2.15. The van der Waals surface area contributed by atoms with Crippen LogP contribution >= 0.6 is 27.7 Å². The third-order valence-corrected chi connectivity index (χ3v) is 3.73. The standard InChI is InChI=1S/C11H13BrN2S/c1-8-3-4-9(12)7-10(8)14-11-13-5-2-6-15-11/h3-4,7H,2,5-6H2,1H3,(H,13,14). The lowest BCUT2D eigenvalue weighted by molar-refractivity contribution is 0.938. The minimum atomic E-state index is 0.947. The summed E-state index contributed by atoms with van der Waals surface area (Å²) in [6, 6.07) is 6.24. The molecule has 1 aromatic rings. The maximum absolute atomic E-state index is 4.45. The predicted octanol–water partition coefficient (Wildman–Crippen LogP) is 3.66. The molecule has 0 saturated heterocycles. The first-order chi connectivity index (χ1) is 7.25. The number of aliphatic imine (C=N–C) groups is 1. The van der Waals surface area contributed by atoms with Crippen LogP contribution in [0.3, 0.4) is 0 Å². The Balaban J connectivity index is 2.15. The summed E-state index contributed by atoms with van der Waals surface area (Å²) < 4.78 is 1.09. The van der Waals surface area contributed by atoms with Crippen molar-refractivity contribution in [3.05, 3.63) is 28.2 Å². The summed E-state index contributed by atoms with van der Waals surface area (Å²) in [5.74, 6) is 1.17. The summed E-state index contributed by atoms with van der Waals surface area (Å²) in [5.41, 5.74) is 2.38. The molecule has 0 unspecified atom stereocenters. The van der Waals surface area contributed by atoms with Crippen LogP contribution in [0.5, 0.6) is 0 Å². The Morgan fingerprint density at radius 1 is 1.47 bits per heavy atom. The number of anilines is 1. The molecule has 2 rings (SSSR count). The minimum Gasteiger partial charge on any atom is -0.335 e. The number of benzene rings is 1. The van der Waals surface area contributed by atoms with Crippen molar-refractivity contribution in [1.29, 1.82) is 0 Å². The molecule has 0 fully saturated rings. The zero-order valence-corrected chi connectivity index (χ0v) is 11.0. The van der Waals surface area contributed by atoms with Crippen molar-refractivity contribution in [3.63, 3.8) is 0 Å². The summed E-state index contributed by atoms with van der Waals surface area (Å²) in [6.07, 6.45) is 1.19. The van der Waals surface area contributed by atoms with E-state index in [0.717, 1.165) is 21.9 Å². The lowest BCUT2D eigenvalue weighted by Crippen LogP contribution is -2.14. The molecule has 2 nitrogen and oxygen atoms in total. The van der Waals surface area contributed by atoms with E-state index in [1.807, 2.05) is 0 Å². The lowest BCUT2D eigenvalue weighted by atomic mass is 10.2. The molecule has 0 saturated carbocycles. The number of amidine groups is 1. The minimum absolute atomic E-state index is 0.947. The molecule has 0 amide bonds. The molecule has 1 N–H and O–H groups in total. The van der Waals surface area contributed by atoms with Crippen LogP contribution in [0, 0.1) is 6.92 Å². The Morgan fingerprint density at radius 2 is 2.33 bits per heavy atom. The van der Waals surface area contributed by atoms with Crippen molar-refractivity contribution >= 4 is 38.5 Å². The molecule has 0 bridgehead atoms. The average molecular weight is 285 g/mol. The average Bonchev–Trinajstić information content (AvgIpc) is 2.25. The van der Waals surface area contributed by atoms with Crippen molar-refractivity contribution < 1.29 is 0 Å². The number of aryl methyl sites for hydroxylation is 1. The van der Waals surface area contributed by atoms with Crippen LogP contribution in [0.15, 0.2) is 27.7 Å². The van der Waals surface area contributed by atoms with Crippen molar-refractivity contribution in [2.24, 2.45) is 4.99 Å². The van der Waals surface area contributed by atoms with Gasteiger partial charge in [-0.3, -0.25) is 4.99 Å². The predicted molar refractivity (Wildman–Crippen MR) is 71.9 cm³/mol. The molecule has 0 radical (unpaired) electrons. The second kappa shape index (κ2) is 5.03. The first kappa shape index (κ1) is 11.0. The summed E-state index contributed by atoms with van der Waals surface area (Å²) in [4.78, 5) is 4.45. The third-order valence-electron chi connectivity index (χ3n) is 2.24. The van der Waals surface area contributed by atoms with Crippen molar-refractivity contribution in [2.45, 2.75) is 13.3 Å². The Kier molecular flexibility index (Phi) is 3.70. The van der Waals surface area contributed by atoms with E-state index in [0.29, 0.717) is 0 Å². The first-order valence-corrected chi connectivity index (χ1v) is 6.74. The number of rotatable bonds is 1. The molecule has 4 heteroatoms. The van der Waals surface area contributed by atoms with Gasteiger partial charge in [0.15, 0.2) is 5.17 Å². The number of thioether (sulfide) groups is 1. The molecule has 1 aliphatic rings. The highest BCUT2D eigenvalue weighted by Gasteiger charge is 2.07. The highest BCUT2D eigenvalue weighted by atomic mass is 79.9. The van der Waals surface area contributed by atoms with Gasteiger partial charge in [0.05, 0.1) is 0 Å². The van der Waals surface area contributed by atoms with Crippen LogP contribution in [0.1, 0.15) is 12.0 Å². The molecular formula is C11H13BrN2S. The van der Waals surface area contributed by atoms with Crippen molar-refractivity contribution in [1.82, 2.24) is 0 Å². The number of nitrogens with zero attached hydrogens (tertiary/aromatic N) is 1. The van der Waals surface area contributed by atoms with Gasteiger partial charge in [0, 0.05) is 22.5 Å². The second-order valence-electron chi connectivity index (χ2n) is 3.47. The largest absolute Gasteiger partial charge is 0.335 e. The normalized spacial score (nSPS) is 16.0. The Hall–Kier alpha value is -0.480. The first-order valence-electron chi connectivity index (χ1n) is 4.96. The van der Waals surface area contributed by atoms with Gasteiger partial charge in [-0.1, -0.05) is 33.8 Å². The van der Waals surface area contributed by atoms with Crippen LogP contribution < -0.4 is 5.32 Å². The number of halogens is 1. The summed E-state index contributed by atoms with van der Waals surface area (Å²) >= 11 is 5.27. The maximum Gasteiger partial charge on any atom is 0.161 e. The molecule has 80 valence electrons. The van der Waals surface area contributed by atoms with Gasteiger partial charge < -0.3 is 5.32 Å². The van der Waals surface area contributed by atoms with Crippen LogP contribution in [0.2, 0.25) is 0 Å². The monoisotopic (exact) mass is 284 g/mol. The van der Waals surface area contributed by atoms with Gasteiger partial charge in [-0.2, -0.15) is 0 Å². The van der Waals surface area contributed by atoms with Crippen LogP contribution in [0.4, 0.5) is 5.69 Å². The fraction of sp³-hybridized carbons (Fsp3) is 0.364. The summed E-state index contributed by atoms with van der Waals surface area (Å²) in [5, 5.41) is 4.42. The Bertz CT molecular complexity index is 390. The maximum atomic E-state index is 4.45. The fourth-order valence-electron chi connectivity index (χ4n) is 1.38. The quantitative estimate of drug-likeness (QED) is 0.851. The molecule has 0 aliphatic carbocycles. The zero-order chi connectivity index (χ0) is 10.7. The number of hydrogen-bond acceptors (Lipinski definition) is 3. The Morgan fingerprint density at radius 3 is 3.07 bits per heavy atom. The topological polar surface area (TPSA) is 24.4 Å². The van der Waals surface area contributed by atoms with Crippen molar-refractivity contribution in [2.75, 3.05) is 17.6 Å². The van der Waals surface area contributed by atoms with E-state index < -0.39 is 0 Å². The van der Waals surface area contributed by atoms with Gasteiger partial charge in [-0.05, 0) is 31.0 Å². The Labute approximate surface area is 103 Å². The third kappa shape index (κ3) is 2.98. The molecule has 1 aromatic carbocycles. The smallest absolute Gasteiger partial charge is 0.161 e. The van der Waals surface area contributed by atoms with Gasteiger partial charge >= 0.3 is 0 Å². The highest BCUT2D eigenvalue weighted by Crippen LogP contribution is 2.23. The van der Waals surface area contributed by atoms with Gasteiger partial charge in [0.1, 0.15) is 0 Å². The van der Waals surface area contributed by atoms with Gasteiger partial charge in [-0.25, -0.2) is 0 Å². The molecule has 1 heterocycles. The van der Waals surface area contributed by atoms with Crippen LogP contribution in [-0.2, 0) is 0 Å². The molecule has 0 spiro atoms.